The lowest BCUT2D eigenvalue weighted by Gasteiger charge is -2.17. The lowest BCUT2D eigenvalue weighted by molar-refractivity contribution is -0.129. The van der Waals surface area contributed by atoms with Crippen molar-refractivity contribution in [3.63, 3.8) is 0 Å². The van der Waals surface area contributed by atoms with E-state index in [1.807, 2.05) is 12.2 Å². The number of rotatable bonds is 11. The van der Waals surface area contributed by atoms with Crippen molar-refractivity contribution in [1.82, 2.24) is 16.0 Å². The number of carbonyl (C=O) groups is 2. The van der Waals surface area contributed by atoms with E-state index < -0.39 is 11.8 Å². The quantitative estimate of drug-likeness (QED) is 0.172. The maximum absolute atomic E-state index is 12.6. The number of phenolic OH excluding ortho intramolecular Hbond substituents is 2. The van der Waals surface area contributed by atoms with Gasteiger partial charge < -0.3 is 24.8 Å². The molecular formula is C24H28ClN3O7. The van der Waals surface area contributed by atoms with Gasteiger partial charge in [0.2, 0.25) is 5.91 Å². The maximum atomic E-state index is 12.6. The van der Waals surface area contributed by atoms with Gasteiger partial charge in [0.05, 0.1) is 28.5 Å². The molecule has 5 N–H and O–H groups in total. The molecule has 0 bridgehead atoms. The molecular weight excluding hydrogens is 478 g/mol. The van der Waals surface area contributed by atoms with Gasteiger partial charge in [0.15, 0.2) is 11.5 Å². The van der Waals surface area contributed by atoms with E-state index in [0.29, 0.717) is 38.0 Å². The second-order valence-electron chi connectivity index (χ2n) is 7.93. The first-order valence-corrected chi connectivity index (χ1v) is 11.7. The van der Waals surface area contributed by atoms with E-state index in [4.69, 9.17) is 26.1 Å². The molecule has 2 amide bonds. The lowest BCUT2D eigenvalue weighted by atomic mass is 9.92. The van der Waals surface area contributed by atoms with Crippen LogP contribution in [0.3, 0.4) is 0 Å². The Kier molecular flexibility index (Phi) is 9.16. The standard InChI is InChI=1S/C24H28ClN3O7/c1-2-26-24(32)22-21(23(35-28-22)16-12-17(25)19(30)13-18(16)29)14-7-9-15(10-8-14)34-11-5-3-4-6-20(31)27-33/h7,9,12-13,29-30,33H,2-6,8,10-11H2,1H3,(H,26,32)(H,27,31). The number of hydroxylamine groups is 1. The SMILES string of the molecule is CCNC(=O)c1noc(-c2cc(Cl)c(O)cc2O)c1C1=CC=C(OCCCCCC(=O)NO)CC1. The summed E-state index contributed by atoms with van der Waals surface area (Å²) in [6, 6.07) is 2.46. The molecule has 0 radical (unpaired) electrons. The Morgan fingerprint density at radius 1 is 1.14 bits per heavy atom. The van der Waals surface area contributed by atoms with Crippen molar-refractivity contribution < 1.29 is 34.3 Å². The van der Waals surface area contributed by atoms with Crippen molar-refractivity contribution in [1.29, 1.82) is 0 Å². The molecule has 1 aliphatic rings. The van der Waals surface area contributed by atoms with Crippen LogP contribution in [0.2, 0.25) is 5.02 Å². The maximum Gasteiger partial charge on any atom is 0.274 e. The number of hydrogen-bond acceptors (Lipinski definition) is 8. The van der Waals surface area contributed by atoms with E-state index in [0.717, 1.165) is 30.2 Å². The molecule has 11 heteroatoms. The number of hydrogen-bond donors (Lipinski definition) is 5. The van der Waals surface area contributed by atoms with E-state index in [2.05, 4.69) is 10.5 Å². The first-order chi connectivity index (χ1) is 16.8. The van der Waals surface area contributed by atoms with Gasteiger partial charge in [0.1, 0.15) is 11.5 Å². The lowest BCUT2D eigenvalue weighted by Crippen LogP contribution is -2.24. The van der Waals surface area contributed by atoms with Crippen molar-refractivity contribution in [2.24, 2.45) is 0 Å². The highest BCUT2D eigenvalue weighted by Crippen LogP contribution is 2.43. The van der Waals surface area contributed by atoms with Crippen LogP contribution in [0.4, 0.5) is 0 Å². The summed E-state index contributed by atoms with van der Waals surface area (Å²) in [6.45, 7) is 2.69. The van der Waals surface area contributed by atoms with Crippen molar-refractivity contribution in [3.8, 4) is 22.8 Å². The van der Waals surface area contributed by atoms with Gasteiger partial charge in [-0.05, 0) is 50.3 Å². The van der Waals surface area contributed by atoms with Crippen molar-refractivity contribution >= 4 is 29.0 Å². The van der Waals surface area contributed by atoms with E-state index in [1.165, 1.54) is 6.07 Å². The summed E-state index contributed by atoms with van der Waals surface area (Å²) < 4.78 is 11.3. The zero-order chi connectivity index (χ0) is 25.4. The highest BCUT2D eigenvalue weighted by Gasteiger charge is 2.28. The molecule has 1 aromatic carbocycles. The highest BCUT2D eigenvalue weighted by molar-refractivity contribution is 6.32. The van der Waals surface area contributed by atoms with Crippen LogP contribution in [0, 0.1) is 0 Å². The number of aromatic nitrogens is 1. The Bertz CT molecular complexity index is 1140. The molecule has 0 saturated heterocycles. The number of carbonyl (C=O) groups excluding carboxylic acids is 2. The number of benzene rings is 1. The summed E-state index contributed by atoms with van der Waals surface area (Å²) in [7, 11) is 0. The minimum atomic E-state index is -0.413. The Labute approximate surface area is 207 Å². The Morgan fingerprint density at radius 3 is 2.63 bits per heavy atom. The van der Waals surface area contributed by atoms with E-state index in [1.54, 1.807) is 12.4 Å². The number of nitrogens with one attached hydrogen (secondary N) is 2. The fraction of sp³-hybridized carbons (Fsp3) is 0.375. The number of halogens is 1. The molecule has 10 nitrogen and oxygen atoms in total. The molecule has 0 atom stereocenters. The third-order valence-electron chi connectivity index (χ3n) is 5.45. The van der Waals surface area contributed by atoms with Crippen LogP contribution >= 0.6 is 11.6 Å². The van der Waals surface area contributed by atoms with Gasteiger partial charge in [-0.1, -0.05) is 22.8 Å². The number of nitrogens with zero attached hydrogens (tertiary/aromatic N) is 1. The highest BCUT2D eigenvalue weighted by atomic mass is 35.5. The van der Waals surface area contributed by atoms with Gasteiger partial charge >= 0.3 is 0 Å². The molecule has 2 aromatic rings. The number of amides is 2. The Hall–Kier alpha value is -3.50. The van der Waals surface area contributed by atoms with E-state index in [9.17, 15) is 19.8 Å². The summed E-state index contributed by atoms with van der Waals surface area (Å²) in [6.07, 6.45) is 7.25. The summed E-state index contributed by atoms with van der Waals surface area (Å²) in [5, 5.41) is 35.3. The minimum Gasteiger partial charge on any atom is -0.507 e. The molecule has 188 valence electrons. The average Bonchev–Trinajstić information content (AvgIpc) is 3.29. The zero-order valence-corrected chi connectivity index (χ0v) is 20.0. The topological polar surface area (TPSA) is 154 Å². The second-order valence-corrected chi connectivity index (χ2v) is 8.34. The number of unbranched alkanes of at least 4 members (excludes halogenated alkanes) is 2. The van der Waals surface area contributed by atoms with Crippen molar-refractivity contribution in [2.75, 3.05) is 13.2 Å². The van der Waals surface area contributed by atoms with Crippen LogP contribution < -0.4 is 10.8 Å². The van der Waals surface area contributed by atoms with Crippen molar-refractivity contribution in [3.05, 3.63) is 46.3 Å². The predicted octanol–water partition coefficient (Wildman–Crippen LogP) is 4.30. The smallest absolute Gasteiger partial charge is 0.274 e. The number of allylic oxidation sites excluding steroid dienone is 4. The molecule has 1 aromatic heterocycles. The molecule has 0 fully saturated rings. The second kappa shape index (κ2) is 12.3. The first-order valence-electron chi connectivity index (χ1n) is 11.3. The molecule has 0 unspecified atom stereocenters. The van der Waals surface area contributed by atoms with E-state index >= 15 is 0 Å². The predicted molar refractivity (Wildman–Crippen MR) is 128 cm³/mol. The fourth-order valence-electron chi connectivity index (χ4n) is 3.67. The van der Waals surface area contributed by atoms with Crippen LogP contribution in [-0.2, 0) is 9.53 Å². The summed E-state index contributed by atoms with van der Waals surface area (Å²) in [4.78, 5) is 23.7. The molecule has 3 rings (SSSR count). The molecule has 0 saturated carbocycles. The number of ether oxygens (including phenoxy) is 1. The Balaban J connectivity index is 1.79. The minimum absolute atomic E-state index is 0.0184. The third kappa shape index (κ3) is 6.55. The van der Waals surface area contributed by atoms with Gasteiger partial charge in [-0.15, -0.1) is 0 Å². The van der Waals surface area contributed by atoms with Crippen LogP contribution in [-0.4, -0.2) is 45.5 Å². The molecule has 1 aliphatic carbocycles. The van der Waals surface area contributed by atoms with Crippen molar-refractivity contribution in [2.45, 2.75) is 45.4 Å². The van der Waals surface area contributed by atoms with Crippen LogP contribution in [0.15, 0.2) is 34.6 Å². The molecule has 35 heavy (non-hydrogen) atoms. The van der Waals surface area contributed by atoms with Gasteiger partial charge in [0, 0.05) is 25.5 Å². The zero-order valence-electron chi connectivity index (χ0n) is 19.3. The van der Waals surface area contributed by atoms with Crippen LogP contribution in [0.1, 0.15) is 61.5 Å². The van der Waals surface area contributed by atoms with E-state index in [-0.39, 0.29) is 40.0 Å². The van der Waals surface area contributed by atoms with Crippen LogP contribution in [0.25, 0.3) is 16.9 Å². The first kappa shape index (κ1) is 26.1. The monoisotopic (exact) mass is 505 g/mol. The van der Waals surface area contributed by atoms with Gasteiger partial charge in [-0.25, -0.2) is 5.48 Å². The molecule has 0 aliphatic heterocycles. The summed E-state index contributed by atoms with van der Waals surface area (Å²) >= 11 is 6.04. The molecule has 0 spiro atoms. The van der Waals surface area contributed by atoms with Gasteiger partial charge in [-0.3, -0.25) is 14.8 Å². The Morgan fingerprint density at radius 2 is 1.94 bits per heavy atom. The average molecular weight is 506 g/mol. The van der Waals surface area contributed by atoms with Crippen LogP contribution in [0.5, 0.6) is 11.5 Å². The summed E-state index contributed by atoms with van der Waals surface area (Å²) in [5.41, 5.74) is 3.10. The summed E-state index contributed by atoms with van der Waals surface area (Å²) in [5.74, 6) is -0.405. The normalized spacial score (nSPS) is 13.1. The molecule has 1 heterocycles. The number of phenols is 2. The largest absolute Gasteiger partial charge is 0.507 e. The number of aromatic hydroxyl groups is 2. The van der Waals surface area contributed by atoms with Gasteiger partial charge in [0.25, 0.3) is 5.91 Å². The fourth-order valence-corrected chi connectivity index (χ4v) is 3.84. The van der Waals surface area contributed by atoms with Gasteiger partial charge in [-0.2, -0.15) is 0 Å². The third-order valence-corrected chi connectivity index (χ3v) is 5.75.